The third kappa shape index (κ3) is 2.91. The molecular weight excluding hydrogens is 172 g/mol. The summed E-state index contributed by atoms with van der Waals surface area (Å²) in [7, 11) is 0. The summed E-state index contributed by atoms with van der Waals surface area (Å²) in [5.41, 5.74) is 0. The van der Waals surface area contributed by atoms with Gasteiger partial charge < -0.3 is 9.52 Å². The summed E-state index contributed by atoms with van der Waals surface area (Å²) < 4.78 is 5.06. The van der Waals surface area contributed by atoms with Crippen LogP contribution in [0, 0.1) is 0 Å². The topological polar surface area (TPSA) is 33.4 Å². The molecule has 1 rings (SSSR count). The summed E-state index contributed by atoms with van der Waals surface area (Å²) in [5, 5.41) is 10.1. The van der Waals surface area contributed by atoms with E-state index in [1.165, 1.54) is 0 Å². The largest absolute Gasteiger partial charge is 0.467 e. The van der Waals surface area contributed by atoms with Gasteiger partial charge in [-0.3, -0.25) is 0 Å². The molecule has 68 valence electrons. The molecule has 0 radical (unpaired) electrons. The average molecular weight is 186 g/mol. The van der Waals surface area contributed by atoms with E-state index in [9.17, 15) is 5.11 Å². The molecule has 0 saturated carbocycles. The summed E-state index contributed by atoms with van der Waals surface area (Å²) >= 11 is 1.73. The van der Waals surface area contributed by atoms with Crippen LogP contribution in [0.1, 0.15) is 25.7 Å². The van der Waals surface area contributed by atoms with Gasteiger partial charge in [0.2, 0.25) is 0 Å². The zero-order chi connectivity index (χ0) is 8.97. The van der Waals surface area contributed by atoms with Crippen molar-refractivity contribution in [2.75, 3.05) is 5.75 Å². The Balaban J connectivity index is 2.34. The lowest BCUT2D eigenvalue weighted by atomic mass is 10.3. The van der Waals surface area contributed by atoms with Gasteiger partial charge in [0, 0.05) is 5.75 Å². The standard InChI is InChI=1S/C9H14O2S/c1-7(2)12-6-8(10)9-4-3-5-11-9/h3-5,7-8,10H,6H2,1-2H3. The minimum absolute atomic E-state index is 0.465. The maximum absolute atomic E-state index is 9.54. The first-order valence-electron chi connectivity index (χ1n) is 4.03. The number of hydrogen-bond acceptors (Lipinski definition) is 3. The molecule has 0 aliphatic rings. The van der Waals surface area contributed by atoms with E-state index >= 15 is 0 Å². The molecule has 0 aliphatic carbocycles. The van der Waals surface area contributed by atoms with E-state index in [2.05, 4.69) is 13.8 Å². The Hall–Kier alpha value is -0.410. The number of aliphatic hydroxyl groups excluding tert-OH is 1. The van der Waals surface area contributed by atoms with E-state index < -0.39 is 6.10 Å². The van der Waals surface area contributed by atoms with Crippen LogP contribution in [-0.4, -0.2) is 16.1 Å². The smallest absolute Gasteiger partial charge is 0.133 e. The Labute approximate surface area is 77.0 Å². The predicted molar refractivity (Wildman–Crippen MR) is 51.3 cm³/mol. The van der Waals surface area contributed by atoms with Gasteiger partial charge in [0.05, 0.1) is 6.26 Å². The molecule has 0 aromatic carbocycles. The molecule has 1 aromatic rings. The SMILES string of the molecule is CC(C)SCC(O)c1ccco1. The Morgan fingerprint density at radius 3 is 2.83 bits per heavy atom. The van der Waals surface area contributed by atoms with Crippen molar-refractivity contribution < 1.29 is 9.52 Å². The summed E-state index contributed by atoms with van der Waals surface area (Å²) in [6, 6.07) is 3.59. The number of furan rings is 1. The van der Waals surface area contributed by atoms with E-state index in [1.807, 2.05) is 0 Å². The van der Waals surface area contributed by atoms with Gasteiger partial charge in [0.25, 0.3) is 0 Å². The van der Waals surface area contributed by atoms with Crippen molar-refractivity contribution in [3.8, 4) is 0 Å². The molecule has 0 spiro atoms. The number of rotatable bonds is 4. The zero-order valence-electron chi connectivity index (χ0n) is 7.36. The number of thioether (sulfide) groups is 1. The van der Waals surface area contributed by atoms with Crippen molar-refractivity contribution in [1.29, 1.82) is 0 Å². The summed E-state index contributed by atoms with van der Waals surface area (Å²) in [5.74, 6) is 1.36. The molecule has 1 heterocycles. The van der Waals surface area contributed by atoms with Gasteiger partial charge in [0.1, 0.15) is 11.9 Å². The van der Waals surface area contributed by atoms with Gasteiger partial charge in [0.15, 0.2) is 0 Å². The van der Waals surface area contributed by atoms with Gasteiger partial charge in [-0.1, -0.05) is 13.8 Å². The highest BCUT2D eigenvalue weighted by Crippen LogP contribution is 2.20. The van der Waals surface area contributed by atoms with Crippen LogP contribution in [-0.2, 0) is 0 Å². The fourth-order valence-electron chi connectivity index (χ4n) is 0.847. The van der Waals surface area contributed by atoms with Gasteiger partial charge in [-0.15, -0.1) is 0 Å². The van der Waals surface area contributed by atoms with Gasteiger partial charge >= 0.3 is 0 Å². The predicted octanol–water partition coefficient (Wildman–Crippen LogP) is 2.45. The highest BCUT2D eigenvalue weighted by atomic mass is 32.2. The fourth-order valence-corrected chi connectivity index (χ4v) is 1.58. The summed E-state index contributed by atoms with van der Waals surface area (Å²) in [6.07, 6.45) is 1.12. The molecule has 0 amide bonds. The minimum atomic E-state index is -0.465. The molecule has 0 aliphatic heterocycles. The quantitative estimate of drug-likeness (QED) is 0.784. The van der Waals surface area contributed by atoms with E-state index in [-0.39, 0.29) is 0 Å². The monoisotopic (exact) mass is 186 g/mol. The van der Waals surface area contributed by atoms with Crippen molar-refractivity contribution in [1.82, 2.24) is 0 Å². The Morgan fingerprint density at radius 1 is 1.58 bits per heavy atom. The lowest BCUT2D eigenvalue weighted by Gasteiger charge is -2.08. The van der Waals surface area contributed by atoms with E-state index in [4.69, 9.17) is 4.42 Å². The maximum Gasteiger partial charge on any atom is 0.133 e. The first kappa shape index (κ1) is 9.68. The number of aliphatic hydroxyl groups is 1. The van der Waals surface area contributed by atoms with E-state index in [0.29, 0.717) is 16.8 Å². The second-order valence-electron chi connectivity index (χ2n) is 2.91. The fraction of sp³-hybridized carbons (Fsp3) is 0.556. The van der Waals surface area contributed by atoms with Gasteiger partial charge in [-0.05, 0) is 17.4 Å². The van der Waals surface area contributed by atoms with E-state index in [0.717, 1.165) is 0 Å². The molecule has 3 heteroatoms. The highest BCUT2D eigenvalue weighted by Gasteiger charge is 2.10. The van der Waals surface area contributed by atoms with Crippen LogP contribution in [0.25, 0.3) is 0 Å². The van der Waals surface area contributed by atoms with Crippen LogP contribution in [0.5, 0.6) is 0 Å². The molecule has 2 nitrogen and oxygen atoms in total. The third-order valence-corrected chi connectivity index (χ3v) is 2.63. The third-order valence-electron chi connectivity index (χ3n) is 1.46. The van der Waals surface area contributed by atoms with Crippen LogP contribution in [0.2, 0.25) is 0 Å². The lowest BCUT2D eigenvalue weighted by molar-refractivity contribution is 0.174. The summed E-state index contributed by atoms with van der Waals surface area (Å²) in [6.45, 7) is 4.22. The molecule has 0 fully saturated rings. The maximum atomic E-state index is 9.54. The molecule has 0 saturated heterocycles. The van der Waals surface area contributed by atoms with Crippen molar-refractivity contribution >= 4 is 11.8 Å². The second-order valence-corrected chi connectivity index (χ2v) is 4.52. The molecular formula is C9H14O2S. The molecule has 1 unspecified atom stereocenters. The zero-order valence-corrected chi connectivity index (χ0v) is 8.17. The molecule has 1 atom stereocenters. The highest BCUT2D eigenvalue weighted by molar-refractivity contribution is 7.99. The van der Waals surface area contributed by atoms with Crippen LogP contribution >= 0.6 is 11.8 Å². The van der Waals surface area contributed by atoms with Gasteiger partial charge in [-0.25, -0.2) is 0 Å². The Kier molecular flexibility index (Phi) is 3.69. The Bertz CT molecular complexity index is 206. The number of hydrogen-bond donors (Lipinski definition) is 1. The van der Waals surface area contributed by atoms with Crippen LogP contribution < -0.4 is 0 Å². The first-order chi connectivity index (χ1) is 5.70. The molecule has 0 bridgehead atoms. The van der Waals surface area contributed by atoms with Crippen molar-refractivity contribution in [3.63, 3.8) is 0 Å². The first-order valence-corrected chi connectivity index (χ1v) is 5.08. The van der Waals surface area contributed by atoms with Crippen molar-refractivity contribution in [3.05, 3.63) is 24.2 Å². The lowest BCUT2D eigenvalue weighted by Crippen LogP contribution is -2.01. The molecule has 1 aromatic heterocycles. The van der Waals surface area contributed by atoms with Crippen molar-refractivity contribution in [2.24, 2.45) is 0 Å². The Morgan fingerprint density at radius 2 is 2.33 bits per heavy atom. The normalized spacial score (nSPS) is 13.7. The molecule has 12 heavy (non-hydrogen) atoms. The van der Waals surface area contributed by atoms with Gasteiger partial charge in [-0.2, -0.15) is 11.8 Å². The van der Waals surface area contributed by atoms with Crippen LogP contribution in [0.4, 0.5) is 0 Å². The summed E-state index contributed by atoms with van der Waals surface area (Å²) in [4.78, 5) is 0. The molecule has 1 N–H and O–H groups in total. The second kappa shape index (κ2) is 4.58. The minimum Gasteiger partial charge on any atom is -0.467 e. The van der Waals surface area contributed by atoms with E-state index in [1.54, 1.807) is 30.2 Å². The van der Waals surface area contributed by atoms with Crippen LogP contribution in [0.3, 0.4) is 0 Å². The average Bonchev–Trinajstić information content (AvgIpc) is 2.51. The van der Waals surface area contributed by atoms with Crippen LogP contribution in [0.15, 0.2) is 22.8 Å². The van der Waals surface area contributed by atoms with Crippen molar-refractivity contribution in [2.45, 2.75) is 25.2 Å².